The zero-order valence-electron chi connectivity index (χ0n) is 11.9. The number of benzene rings is 1. The van der Waals surface area contributed by atoms with E-state index in [9.17, 15) is 0 Å². The van der Waals surface area contributed by atoms with Crippen molar-refractivity contribution >= 4 is 0 Å². The summed E-state index contributed by atoms with van der Waals surface area (Å²) in [5.74, 6) is 0.949. The summed E-state index contributed by atoms with van der Waals surface area (Å²) < 4.78 is 0. The van der Waals surface area contributed by atoms with Crippen molar-refractivity contribution in [3.8, 4) is 0 Å². The maximum absolute atomic E-state index is 2.68. The van der Waals surface area contributed by atoms with Crippen molar-refractivity contribution in [2.45, 2.75) is 32.2 Å². The van der Waals surface area contributed by atoms with Crippen LogP contribution in [-0.4, -0.2) is 42.5 Å². The Balaban J connectivity index is 1.41. The Bertz CT molecular complexity index is 362. The second-order valence-corrected chi connectivity index (χ2v) is 6.21. The van der Waals surface area contributed by atoms with Gasteiger partial charge in [-0.2, -0.15) is 0 Å². The van der Waals surface area contributed by atoms with Gasteiger partial charge in [-0.25, -0.2) is 0 Å². The molecule has 2 heterocycles. The summed E-state index contributed by atoms with van der Waals surface area (Å²) in [4.78, 5) is 5.30. The number of nitrogens with zero attached hydrogens (tertiary/aromatic N) is 2. The van der Waals surface area contributed by atoms with E-state index in [1.54, 1.807) is 0 Å². The second-order valence-electron chi connectivity index (χ2n) is 6.21. The van der Waals surface area contributed by atoms with Gasteiger partial charge in [0.2, 0.25) is 0 Å². The molecule has 0 atom stereocenters. The van der Waals surface area contributed by atoms with Gasteiger partial charge in [-0.15, -0.1) is 0 Å². The molecule has 2 aliphatic rings. The lowest BCUT2D eigenvalue weighted by atomic mass is 9.96. The molecule has 0 spiro atoms. The molecule has 0 aliphatic carbocycles. The smallest absolute Gasteiger partial charge is 0.0233 e. The molecule has 1 aromatic rings. The van der Waals surface area contributed by atoms with Crippen LogP contribution in [0.4, 0.5) is 0 Å². The van der Waals surface area contributed by atoms with Crippen LogP contribution in [0.25, 0.3) is 0 Å². The van der Waals surface area contributed by atoms with Gasteiger partial charge in [-0.1, -0.05) is 30.3 Å². The third kappa shape index (κ3) is 3.80. The quantitative estimate of drug-likeness (QED) is 0.819. The number of likely N-dealkylation sites (tertiary alicyclic amines) is 2. The minimum absolute atomic E-state index is 0.949. The Hall–Kier alpha value is -0.860. The second kappa shape index (κ2) is 6.53. The highest BCUT2D eigenvalue weighted by Gasteiger charge is 2.22. The van der Waals surface area contributed by atoms with Crippen molar-refractivity contribution in [1.82, 2.24) is 9.80 Å². The topological polar surface area (TPSA) is 6.48 Å². The molecule has 2 heteroatoms. The molecule has 104 valence electrons. The summed E-state index contributed by atoms with van der Waals surface area (Å²) in [5, 5.41) is 0. The first-order valence-electron chi connectivity index (χ1n) is 7.89. The van der Waals surface area contributed by atoms with Crippen LogP contribution < -0.4 is 0 Å². The summed E-state index contributed by atoms with van der Waals surface area (Å²) in [7, 11) is 0. The van der Waals surface area contributed by atoms with Gasteiger partial charge in [-0.3, -0.25) is 4.90 Å². The van der Waals surface area contributed by atoms with E-state index in [1.807, 2.05) is 0 Å². The molecule has 2 nitrogen and oxygen atoms in total. The van der Waals surface area contributed by atoms with E-state index < -0.39 is 0 Å². The maximum Gasteiger partial charge on any atom is 0.0233 e. The SMILES string of the molecule is c1ccc(CN2CCC(CN3CCCC3)CC2)cc1. The van der Waals surface area contributed by atoms with Crippen LogP contribution in [0.2, 0.25) is 0 Å². The van der Waals surface area contributed by atoms with Crippen molar-refractivity contribution < 1.29 is 0 Å². The molecule has 1 aromatic carbocycles. The summed E-state index contributed by atoms with van der Waals surface area (Å²) in [6.07, 6.45) is 5.63. The number of piperidine rings is 1. The van der Waals surface area contributed by atoms with Gasteiger partial charge >= 0.3 is 0 Å². The fraction of sp³-hybridized carbons (Fsp3) is 0.647. The minimum Gasteiger partial charge on any atom is -0.303 e. The van der Waals surface area contributed by atoms with Gasteiger partial charge in [-0.05, 0) is 63.3 Å². The Morgan fingerprint density at radius 1 is 0.842 bits per heavy atom. The minimum atomic E-state index is 0.949. The van der Waals surface area contributed by atoms with E-state index in [0.717, 1.165) is 12.5 Å². The lowest BCUT2D eigenvalue weighted by Crippen LogP contribution is -2.37. The van der Waals surface area contributed by atoms with Gasteiger partial charge in [0, 0.05) is 13.1 Å². The molecule has 0 amide bonds. The van der Waals surface area contributed by atoms with Crippen molar-refractivity contribution in [3.05, 3.63) is 35.9 Å². The van der Waals surface area contributed by atoms with E-state index in [-0.39, 0.29) is 0 Å². The zero-order chi connectivity index (χ0) is 12.9. The Labute approximate surface area is 117 Å². The van der Waals surface area contributed by atoms with Crippen LogP contribution >= 0.6 is 0 Å². The van der Waals surface area contributed by atoms with E-state index in [2.05, 4.69) is 40.1 Å². The highest BCUT2D eigenvalue weighted by atomic mass is 15.2. The lowest BCUT2D eigenvalue weighted by molar-refractivity contribution is 0.149. The van der Waals surface area contributed by atoms with E-state index in [0.29, 0.717) is 0 Å². The predicted octanol–water partition coefficient (Wildman–Crippen LogP) is 2.99. The first-order chi connectivity index (χ1) is 9.40. The molecule has 2 aliphatic heterocycles. The number of hydrogen-bond acceptors (Lipinski definition) is 2. The molecule has 2 saturated heterocycles. The van der Waals surface area contributed by atoms with Gasteiger partial charge in [0.05, 0.1) is 0 Å². The molecule has 0 aromatic heterocycles. The molecule has 3 rings (SSSR count). The third-order valence-electron chi connectivity index (χ3n) is 4.67. The fourth-order valence-corrected chi connectivity index (χ4v) is 3.50. The monoisotopic (exact) mass is 258 g/mol. The normalized spacial score (nSPS) is 22.9. The van der Waals surface area contributed by atoms with Gasteiger partial charge in [0.25, 0.3) is 0 Å². The summed E-state index contributed by atoms with van der Waals surface area (Å²) in [6.45, 7) is 7.77. The van der Waals surface area contributed by atoms with Crippen LogP contribution in [0, 0.1) is 5.92 Å². The fourth-order valence-electron chi connectivity index (χ4n) is 3.50. The van der Waals surface area contributed by atoms with Crippen molar-refractivity contribution in [2.75, 3.05) is 32.7 Å². The van der Waals surface area contributed by atoms with Crippen molar-refractivity contribution in [1.29, 1.82) is 0 Å². The van der Waals surface area contributed by atoms with Gasteiger partial charge in [0.1, 0.15) is 0 Å². The summed E-state index contributed by atoms with van der Waals surface area (Å²) in [5.41, 5.74) is 1.46. The number of hydrogen-bond donors (Lipinski definition) is 0. The number of rotatable bonds is 4. The van der Waals surface area contributed by atoms with Crippen LogP contribution in [0.1, 0.15) is 31.2 Å². The molecular weight excluding hydrogens is 232 g/mol. The third-order valence-corrected chi connectivity index (χ3v) is 4.67. The Morgan fingerprint density at radius 3 is 2.21 bits per heavy atom. The summed E-state index contributed by atoms with van der Waals surface area (Å²) in [6, 6.07) is 10.9. The highest BCUT2D eigenvalue weighted by molar-refractivity contribution is 5.14. The molecule has 0 saturated carbocycles. The van der Waals surface area contributed by atoms with Crippen LogP contribution in [0.5, 0.6) is 0 Å². The van der Waals surface area contributed by atoms with Crippen LogP contribution in [-0.2, 0) is 6.54 Å². The van der Waals surface area contributed by atoms with E-state index >= 15 is 0 Å². The molecule has 0 unspecified atom stereocenters. The lowest BCUT2D eigenvalue weighted by Gasteiger charge is -2.33. The Morgan fingerprint density at radius 2 is 1.53 bits per heavy atom. The van der Waals surface area contributed by atoms with Crippen molar-refractivity contribution in [2.24, 2.45) is 5.92 Å². The maximum atomic E-state index is 2.68. The predicted molar refractivity (Wildman–Crippen MR) is 80.1 cm³/mol. The van der Waals surface area contributed by atoms with Gasteiger partial charge < -0.3 is 4.90 Å². The Kier molecular flexibility index (Phi) is 4.52. The first kappa shape index (κ1) is 13.1. The standard InChI is InChI=1S/C17H26N2/c1-2-6-16(7-3-1)14-19-12-8-17(9-13-19)15-18-10-4-5-11-18/h1-3,6-7,17H,4-5,8-15H2. The molecule has 0 bridgehead atoms. The van der Waals surface area contributed by atoms with Crippen LogP contribution in [0.3, 0.4) is 0 Å². The average molecular weight is 258 g/mol. The molecule has 0 radical (unpaired) electrons. The van der Waals surface area contributed by atoms with E-state index in [1.165, 1.54) is 64.0 Å². The average Bonchev–Trinajstić information content (AvgIpc) is 2.95. The zero-order valence-corrected chi connectivity index (χ0v) is 11.9. The molecule has 0 N–H and O–H groups in total. The molecule has 2 fully saturated rings. The van der Waals surface area contributed by atoms with E-state index in [4.69, 9.17) is 0 Å². The molecular formula is C17H26N2. The first-order valence-corrected chi connectivity index (χ1v) is 7.89. The van der Waals surface area contributed by atoms with Crippen molar-refractivity contribution in [3.63, 3.8) is 0 Å². The largest absolute Gasteiger partial charge is 0.303 e. The van der Waals surface area contributed by atoms with Gasteiger partial charge in [0.15, 0.2) is 0 Å². The summed E-state index contributed by atoms with van der Waals surface area (Å²) >= 11 is 0. The highest BCUT2D eigenvalue weighted by Crippen LogP contribution is 2.21. The van der Waals surface area contributed by atoms with Crippen LogP contribution in [0.15, 0.2) is 30.3 Å². The molecule has 19 heavy (non-hydrogen) atoms.